The number of benzene rings is 1. The zero-order valence-electron chi connectivity index (χ0n) is 12.9. The van der Waals surface area contributed by atoms with Crippen molar-refractivity contribution in [2.75, 3.05) is 18.5 Å². The molecule has 3 rings (SSSR count). The molecule has 8 nitrogen and oxygen atoms in total. The summed E-state index contributed by atoms with van der Waals surface area (Å²) in [6, 6.07) is 5.87. The van der Waals surface area contributed by atoms with E-state index in [4.69, 9.17) is 5.11 Å². The normalized spacial score (nSPS) is 11.1. The first-order valence-corrected chi connectivity index (χ1v) is 7.30. The van der Waals surface area contributed by atoms with Gasteiger partial charge in [-0.1, -0.05) is 12.1 Å². The van der Waals surface area contributed by atoms with E-state index in [9.17, 15) is 14.0 Å². The molecule has 0 spiro atoms. The van der Waals surface area contributed by atoms with Crippen LogP contribution in [0.4, 0.5) is 10.3 Å². The summed E-state index contributed by atoms with van der Waals surface area (Å²) in [5, 5.41) is 11.9. The second-order valence-corrected chi connectivity index (χ2v) is 5.29. The van der Waals surface area contributed by atoms with Crippen LogP contribution >= 0.6 is 0 Å². The SMILES string of the molecule is Cn1c(=O)[nH]c(=O)c2c1nc(NCCO)n2Cc1ccc(F)cc1. The highest BCUT2D eigenvalue weighted by atomic mass is 19.1. The molecule has 24 heavy (non-hydrogen) atoms. The highest BCUT2D eigenvalue weighted by molar-refractivity contribution is 5.74. The molecular formula is C15H16FN5O3. The number of aliphatic hydroxyl groups is 1. The Hall–Kier alpha value is -2.94. The lowest BCUT2D eigenvalue weighted by Gasteiger charge is -2.10. The molecule has 2 aromatic heterocycles. The number of imidazole rings is 1. The lowest BCUT2D eigenvalue weighted by atomic mass is 10.2. The van der Waals surface area contributed by atoms with Crippen molar-refractivity contribution in [3.05, 3.63) is 56.5 Å². The third-order valence-corrected chi connectivity index (χ3v) is 3.66. The Balaban J connectivity index is 2.19. The predicted octanol–water partition coefficient (Wildman–Crippen LogP) is 0.0149. The van der Waals surface area contributed by atoms with Gasteiger partial charge in [0.15, 0.2) is 11.2 Å². The number of halogens is 1. The fraction of sp³-hybridized carbons (Fsp3) is 0.267. The van der Waals surface area contributed by atoms with Crippen molar-refractivity contribution in [1.29, 1.82) is 0 Å². The van der Waals surface area contributed by atoms with Gasteiger partial charge < -0.3 is 10.4 Å². The zero-order valence-corrected chi connectivity index (χ0v) is 12.9. The van der Waals surface area contributed by atoms with Crippen molar-refractivity contribution in [3.63, 3.8) is 0 Å². The Kier molecular flexibility index (Phi) is 4.17. The molecular weight excluding hydrogens is 317 g/mol. The van der Waals surface area contributed by atoms with Crippen molar-refractivity contribution in [2.45, 2.75) is 6.54 Å². The van der Waals surface area contributed by atoms with Gasteiger partial charge in [-0.05, 0) is 17.7 Å². The largest absolute Gasteiger partial charge is 0.395 e. The Morgan fingerprint density at radius 2 is 2.00 bits per heavy atom. The number of aromatic nitrogens is 4. The van der Waals surface area contributed by atoms with Gasteiger partial charge >= 0.3 is 5.69 Å². The van der Waals surface area contributed by atoms with E-state index in [-0.39, 0.29) is 36.7 Å². The number of H-pyrrole nitrogens is 1. The molecule has 0 saturated carbocycles. The standard InChI is InChI=1S/C15H16FN5O3/c1-20-12-11(13(23)19-15(20)24)21(14(18-12)17-6-7-22)8-9-2-4-10(16)5-3-9/h2-5,22H,6-8H2,1H3,(H,17,18)(H,19,23,24). The first-order valence-electron chi connectivity index (χ1n) is 7.30. The van der Waals surface area contributed by atoms with Gasteiger partial charge in [0.25, 0.3) is 5.56 Å². The monoisotopic (exact) mass is 333 g/mol. The summed E-state index contributed by atoms with van der Waals surface area (Å²) in [7, 11) is 1.51. The summed E-state index contributed by atoms with van der Waals surface area (Å²) in [6.07, 6.45) is 0. The molecule has 126 valence electrons. The van der Waals surface area contributed by atoms with Crippen LogP contribution in [0, 0.1) is 5.82 Å². The molecule has 0 aliphatic rings. The number of aliphatic hydroxyl groups excluding tert-OH is 1. The lowest BCUT2D eigenvalue weighted by molar-refractivity contribution is 0.310. The van der Waals surface area contributed by atoms with E-state index in [0.717, 1.165) is 5.56 Å². The molecule has 0 aliphatic carbocycles. The van der Waals surface area contributed by atoms with Crippen LogP contribution in [0.2, 0.25) is 0 Å². The molecule has 0 bridgehead atoms. The van der Waals surface area contributed by atoms with Crippen LogP contribution in [0.25, 0.3) is 11.2 Å². The quantitative estimate of drug-likeness (QED) is 0.610. The van der Waals surface area contributed by atoms with Crippen LogP contribution in [-0.2, 0) is 13.6 Å². The van der Waals surface area contributed by atoms with E-state index in [2.05, 4.69) is 15.3 Å². The van der Waals surface area contributed by atoms with E-state index >= 15 is 0 Å². The van der Waals surface area contributed by atoms with Crippen LogP contribution in [0.1, 0.15) is 5.56 Å². The smallest absolute Gasteiger partial charge is 0.329 e. The second kappa shape index (κ2) is 6.28. The van der Waals surface area contributed by atoms with Gasteiger partial charge in [0, 0.05) is 13.6 Å². The molecule has 0 aliphatic heterocycles. The van der Waals surface area contributed by atoms with Crippen molar-refractivity contribution in [3.8, 4) is 0 Å². The van der Waals surface area contributed by atoms with E-state index in [1.807, 2.05) is 0 Å². The van der Waals surface area contributed by atoms with Gasteiger partial charge in [-0.15, -0.1) is 0 Å². The van der Waals surface area contributed by atoms with Gasteiger partial charge in [0.05, 0.1) is 13.2 Å². The minimum absolute atomic E-state index is 0.116. The number of hydrogen-bond acceptors (Lipinski definition) is 5. The van der Waals surface area contributed by atoms with E-state index < -0.39 is 11.2 Å². The fourth-order valence-corrected chi connectivity index (χ4v) is 2.46. The number of aromatic amines is 1. The average molecular weight is 333 g/mol. The first-order chi connectivity index (χ1) is 11.5. The molecule has 0 fully saturated rings. The van der Waals surface area contributed by atoms with Crippen molar-refractivity contribution in [2.24, 2.45) is 7.05 Å². The van der Waals surface area contributed by atoms with Crippen molar-refractivity contribution in [1.82, 2.24) is 19.1 Å². The van der Waals surface area contributed by atoms with Crippen molar-refractivity contribution < 1.29 is 9.50 Å². The summed E-state index contributed by atoms with van der Waals surface area (Å²) < 4.78 is 15.9. The molecule has 0 atom stereocenters. The number of rotatable bonds is 5. The van der Waals surface area contributed by atoms with Crippen LogP contribution in [-0.4, -0.2) is 37.4 Å². The number of nitrogens with one attached hydrogen (secondary N) is 2. The summed E-state index contributed by atoms with van der Waals surface area (Å²) in [5.41, 5.74) is 0.0940. The first kappa shape index (κ1) is 15.9. The summed E-state index contributed by atoms with van der Waals surface area (Å²) in [4.78, 5) is 30.5. The number of anilines is 1. The Bertz CT molecular complexity index is 987. The third-order valence-electron chi connectivity index (χ3n) is 3.66. The third kappa shape index (κ3) is 2.81. The molecule has 0 unspecified atom stereocenters. The summed E-state index contributed by atoms with van der Waals surface area (Å²) in [5.74, 6) is -0.0109. The minimum Gasteiger partial charge on any atom is -0.395 e. The topological polar surface area (TPSA) is 105 Å². The maximum absolute atomic E-state index is 13.1. The molecule has 9 heteroatoms. The van der Waals surface area contributed by atoms with Crippen LogP contribution in [0.15, 0.2) is 33.9 Å². The number of fused-ring (bicyclic) bond motifs is 1. The number of aryl methyl sites for hydroxylation is 1. The number of nitrogens with zero attached hydrogens (tertiary/aromatic N) is 3. The molecule has 3 N–H and O–H groups in total. The van der Waals surface area contributed by atoms with Gasteiger partial charge in [0.2, 0.25) is 5.95 Å². The highest BCUT2D eigenvalue weighted by Crippen LogP contribution is 2.17. The van der Waals surface area contributed by atoms with E-state index in [0.29, 0.717) is 5.95 Å². The van der Waals surface area contributed by atoms with Crippen molar-refractivity contribution >= 4 is 17.1 Å². The maximum Gasteiger partial charge on any atom is 0.329 e. The molecule has 3 aromatic rings. The fourth-order valence-electron chi connectivity index (χ4n) is 2.46. The van der Waals surface area contributed by atoms with E-state index in [1.54, 1.807) is 16.7 Å². The second-order valence-electron chi connectivity index (χ2n) is 5.29. The average Bonchev–Trinajstić information content (AvgIpc) is 2.92. The number of hydrogen-bond donors (Lipinski definition) is 3. The maximum atomic E-state index is 13.1. The Morgan fingerprint density at radius 3 is 2.67 bits per heavy atom. The molecule has 0 amide bonds. The summed E-state index contributed by atoms with van der Waals surface area (Å²) >= 11 is 0. The summed E-state index contributed by atoms with van der Waals surface area (Å²) in [6.45, 7) is 0.374. The van der Waals surface area contributed by atoms with E-state index in [1.165, 1.54) is 23.7 Å². The van der Waals surface area contributed by atoms with Gasteiger partial charge in [-0.2, -0.15) is 4.98 Å². The molecule has 1 aromatic carbocycles. The van der Waals surface area contributed by atoms with Gasteiger partial charge in [0.1, 0.15) is 5.82 Å². The van der Waals surface area contributed by atoms with Crippen LogP contribution in [0.3, 0.4) is 0 Å². The zero-order chi connectivity index (χ0) is 17.3. The van der Waals surface area contributed by atoms with Crippen LogP contribution in [0.5, 0.6) is 0 Å². The Labute approximate surface area is 135 Å². The highest BCUT2D eigenvalue weighted by Gasteiger charge is 2.17. The van der Waals surface area contributed by atoms with Gasteiger partial charge in [-0.3, -0.25) is 18.9 Å². The Morgan fingerprint density at radius 1 is 1.29 bits per heavy atom. The molecule has 0 saturated heterocycles. The van der Waals surface area contributed by atoms with Crippen LogP contribution < -0.4 is 16.6 Å². The minimum atomic E-state index is -0.562. The molecule has 2 heterocycles. The lowest BCUT2D eigenvalue weighted by Crippen LogP contribution is -2.29. The van der Waals surface area contributed by atoms with Gasteiger partial charge in [-0.25, -0.2) is 9.18 Å². The molecule has 0 radical (unpaired) electrons. The predicted molar refractivity (Wildman–Crippen MR) is 86.7 cm³/mol.